The van der Waals surface area contributed by atoms with Gasteiger partial charge in [-0.25, -0.2) is 8.78 Å². The van der Waals surface area contributed by atoms with Crippen LogP contribution in [0.2, 0.25) is 0 Å². The normalized spacial score (nSPS) is 24.0. The maximum Gasteiger partial charge on any atom is 0.126 e. The highest BCUT2D eigenvalue weighted by Crippen LogP contribution is 2.28. The minimum absolute atomic E-state index is 0.202. The molecule has 1 aliphatic rings. The Morgan fingerprint density at radius 2 is 1.95 bits per heavy atom. The van der Waals surface area contributed by atoms with Gasteiger partial charge in [0.05, 0.1) is 6.10 Å². The van der Waals surface area contributed by atoms with Crippen molar-refractivity contribution in [1.82, 2.24) is 5.32 Å². The molecule has 1 heterocycles. The zero-order chi connectivity index (χ0) is 14.5. The van der Waals surface area contributed by atoms with Crippen molar-refractivity contribution in [3.8, 4) is 0 Å². The van der Waals surface area contributed by atoms with Crippen LogP contribution in [0.15, 0.2) is 18.2 Å². The summed E-state index contributed by atoms with van der Waals surface area (Å²) in [4.78, 5) is 0. The van der Waals surface area contributed by atoms with Gasteiger partial charge in [-0.3, -0.25) is 0 Å². The molecule has 2 rings (SSSR count). The van der Waals surface area contributed by atoms with E-state index >= 15 is 0 Å². The molecule has 0 amide bonds. The average Bonchev–Trinajstić information content (AvgIpc) is 2.85. The standard InChI is InChI=1S/C16H23F2NO/c1-3-16-14(5-6-20-16)15(19-4-2)9-11-7-12(17)10-13(18)8-11/h7-8,10,14-16,19H,3-6,9H2,1-2H3. The van der Waals surface area contributed by atoms with Crippen molar-refractivity contribution in [1.29, 1.82) is 0 Å². The van der Waals surface area contributed by atoms with Crippen LogP contribution in [0.3, 0.4) is 0 Å². The van der Waals surface area contributed by atoms with Gasteiger partial charge in [-0.15, -0.1) is 0 Å². The number of hydrogen-bond donors (Lipinski definition) is 1. The maximum absolute atomic E-state index is 13.3. The van der Waals surface area contributed by atoms with Crippen LogP contribution in [0.1, 0.15) is 32.3 Å². The lowest BCUT2D eigenvalue weighted by molar-refractivity contribution is 0.0776. The summed E-state index contributed by atoms with van der Waals surface area (Å²) < 4.78 is 32.3. The highest BCUT2D eigenvalue weighted by atomic mass is 19.1. The number of ether oxygens (including phenoxy) is 1. The molecule has 1 aromatic carbocycles. The lowest BCUT2D eigenvalue weighted by Crippen LogP contribution is -2.41. The third kappa shape index (κ3) is 3.76. The van der Waals surface area contributed by atoms with Gasteiger partial charge in [-0.1, -0.05) is 13.8 Å². The van der Waals surface area contributed by atoms with Crippen LogP contribution in [0.4, 0.5) is 8.78 Å². The van der Waals surface area contributed by atoms with E-state index in [1.165, 1.54) is 12.1 Å². The quantitative estimate of drug-likeness (QED) is 0.865. The van der Waals surface area contributed by atoms with E-state index in [4.69, 9.17) is 4.74 Å². The molecule has 1 fully saturated rings. The monoisotopic (exact) mass is 283 g/mol. The SMILES string of the molecule is CCNC(Cc1cc(F)cc(F)c1)C1CCOC1CC. The second kappa shape index (κ2) is 7.14. The van der Waals surface area contributed by atoms with Crippen LogP contribution >= 0.6 is 0 Å². The second-order valence-corrected chi connectivity index (χ2v) is 5.42. The summed E-state index contributed by atoms with van der Waals surface area (Å²) in [6.07, 6.45) is 2.86. The van der Waals surface area contributed by atoms with Gasteiger partial charge in [0.15, 0.2) is 0 Å². The van der Waals surface area contributed by atoms with E-state index in [9.17, 15) is 8.78 Å². The summed E-state index contributed by atoms with van der Waals surface area (Å²) in [7, 11) is 0. The van der Waals surface area contributed by atoms with Gasteiger partial charge in [0.2, 0.25) is 0 Å². The van der Waals surface area contributed by atoms with E-state index in [1.807, 2.05) is 0 Å². The molecule has 1 aromatic rings. The predicted octanol–water partition coefficient (Wildman–Crippen LogP) is 3.30. The first-order valence-electron chi connectivity index (χ1n) is 7.44. The lowest BCUT2D eigenvalue weighted by Gasteiger charge is -2.28. The lowest BCUT2D eigenvalue weighted by atomic mass is 9.87. The molecule has 0 spiro atoms. The number of halogens is 2. The third-order valence-electron chi connectivity index (χ3n) is 4.02. The fourth-order valence-electron chi connectivity index (χ4n) is 3.17. The maximum atomic E-state index is 13.3. The highest BCUT2D eigenvalue weighted by Gasteiger charge is 2.33. The van der Waals surface area contributed by atoms with Crippen molar-refractivity contribution in [2.45, 2.75) is 45.3 Å². The molecule has 112 valence electrons. The Balaban J connectivity index is 2.12. The van der Waals surface area contributed by atoms with Gasteiger partial charge in [0.25, 0.3) is 0 Å². The van der Waals surface area contributed by atoms with E-state index in [1.54, 1.807) is 0 Å². The smallest absolute Gasteiger partial charge is 0.126 e. The topological polar surface area (TPSA) is 21.3 Å². The molecule has 0 aliphatic carbocycles. The number of rotatable bonds is 6. The second-order valence-electron chi connectivity index (χ2n) is 5.42. The Hall–Kier alpha value is -1.00. The molecular formula is C16H23F2NO. The first-order chi connectivity index (χ1) is 9.63. The summed E-state index contributed by atoms with van der Waals surface area (Å²) in [6, 6.07) is 3.96. The van der Waals surface area contributed by atoms with Crippen molar-refractivity contribution in [3.05, 3.63) is 35.4 Å². The molecule has 4 heteroatoms. The molecule has 3 atom stereocenters. The summed E-state index contributed by atoms with van der Waals surface area (Å²) in [5, 5.41) is 3.45. The number of hydrogen-bond acceptors (Lipinski definition) is 2. The summed E-state index contributed by atoms with van der Waals surface area (Å²) in [5.74, 6) is -0.610. The largest absolute Gasteiger partial charge is 0.378 e. The number of nitrogens with one attached hydrogen (secondary N) is 1. The van der Waals surface area contributed by atoms with Gasteiger partial charge in [-0.2, -0.15) is 0 Å². The third-order valence-corrected chi connectivity index (χ3v) is 4.02. The first-order valence-corrected chi connectivity index (χ1v) is 7.44. The molecular weight excluding hydrogens is 260 g/mol. The van der Waals surface area contributed by atoms with Crippen LogP contribution < -0.4 is 5.32 Å². The number of benzene rings is 1. The van der Waals surface area contributed by atoms with Crippen LogP contribution in [0.25, 0.3) is 0 Å². The zero-order valence-electron chi connectivity index (χ0n) is 12.2. The first kappa shape index (κ1) is 15.4. The summed E-state index contributed by atoms with van der Waals surface area (Å²) in [6.45, 7) is 5.79. The molecule has 20 heavy (non-hydrogen) atoms. The Labute approximate surface area is 119 Å². The van der Waals surface area contributed by atoms with Crippen molar-refractivity contribution in [2.75, 3.05) is 13.2 Å². The molecule has 2 nitrogen and oxygen atoms in total. The minimum Gasteiger partial charge on any atom is -0.378 e. The Morgan fingerprint density at radius 1 is 1.25 bits per heavy atom. The Kier molecular flexibility index (Phi) is 5.49. The van der Waals surface area contributed by atoms with E-state index in [0.29, 0.717) is 17.9 Å². The van der Waals surface area contributed by atoms with Gasteiger partial charge >= 0.3 is 0 Å². The van der Waals surface area contributed by atoms with Crippen molar-refractivity contribution >= 4 is 0 Å². The molecule has 0 radical (unpaired) electrons. The van der Waals surface area contributed by atoms with E-state index in [2.05, 4.69) is 19.2 Å². The van der Waals surface area contributed by atoms with Gasteiger partial charge in [0.1, 0.15) is 11.6 Å². The van der Waals surface area contributed by atoms with Gasteiger partial charge < -0.3 is 10.1 Å². The molecule has 1 N–H and O–H groups in total. The van der Waals surface area contributed by atoms with E-state index < -0.39 is 11.6 Å². The molecule has 1 saturated heterocycles. The molecule has 1 aliphatic heterocycles. The molecule has 0 saturated carbocycles. The average molecular weight is 283 g/mol. The van der Waals surface area contributed by atoms with Crippen LogP contribution in [0, 0.1) is 17.6 Å². The zero-order valence-corrected chi connectivity index (χ0v) is 12.2. The fraction of sp³-hybridized carbons (Fsp3) is 0.625. The number of likely N-dealkylation sites (N-methyl/N-ethyl adjacent to an activating group) is 1. The van der Waals surface area contributed by atoms with E-state index in [0.717, 1.165) is 32.1 Å². The predicted molar refractivity (Wildman–Crippen MR) is 75.7 cm³/mol. The Bertz CT molecular complexity index is 418. The van der Waals surface area contributed by atoms with Crippen molar-refractivity contribution < 1.29 is 13.5 Å². The van der Waals surface area contributed by atoms with Gasteiger partial charge in [-0.05, 0) is 43.5 Å². The van der Waals surface area contributed by atoms with Crippen molar-refractivity contribution in [2.24, 2.45) is 5.92 Å². The molecule has 3 unspecified atom stereocenters. The van der Waals surface area contributed by atoms with Crippen LogP contribution in [-0.4, -0.2) is 25.3 Å². The minimum atomic E-state index is -0.509. The fourth-order valence-corrected chi connectivity index (χ4v) is 3.17. The molecule has 0 bridgehead atoms. The Morgan fingerprint density at radius 3 is 2.55 bits per heavy atom. The van der Waals surface area contributed by atoms with E-state index in [-0.39, 0.29) is 12.1 Å². The highest BCUT2D eigenvalue weighted by molar-refractivity contribution is 5.19. The summed E-state index contributed by atoms with van der Waals surface area (Å²) in [5.41, 5.74) is 0.704. The molecule has 0 aromatic heterocycles. The summed E-state index contributed by atoms with van der Waals surface area (Å²) >= 11 is 0. The van der Waals surface area contributed by atoms with Crippen molar-refractivity contribution in [3.63, 3.8) is 0 Å². The van der Waals surface area contributed by atoms with Crippen LogP contribution in [-0.2, 0) is 11.2 Å². The van der Waals surface area contributed by atoms with Crippen LogP contribution in [0.5, 0.6) is 0 Å². The van der Waals surface area contributed by atoms with Gasteiger partial charge in [0, 0.05) is 24.6 Å².